The topological polar surface area (TPSA) is 92.4 Å². The highest BCUT2D eigenvalue weighted by Crippen LogP contribution is 2.13. The molecular weight excluding hydrogens is 256 g/mol. The minimum absolute atomic E-state index is 0.108. The Bertz CT molecular complexity index is 434. The summed E-state index contributed by atoms with van der Waals surface area (Å²) in [5, 5.41) is 11.4. The minimum atomic E-state index is -0.811. The van der Waals surface area contributed by atoms with E-state index in [0.29, 0.717) is 13.0 Å². The van der Waals surface area contributed by atoms with Gasteiger partial charge in [0.05, 0.1) is 0 Å². The molecule has 0 aliphatic rings. The SMILES string of the molecule is CC(CCC(=O)O)CNC(=O)CC(N)c1ccccc1. The van der Waals surface area contributed by atoms with Gasteiger partial charge >= 0.3 is 5.97 Å². The number of hydrogen-bond donors (Lipinski definition) is 3. The van der Waals surface area contributed by atoms with Crippen LogP contribution >= 0.6 is 0 Å². The number of benzene rings is 1. The number of carbonyl (C=O) groups excluding carboxylic acids is 1. The maximum absolute atomic E-state index is 11.8. The van der Waals surface area contributed by atoms with Crippen LogP contribution in [0, 0.1) is 5.92 Å². The molecule has 0 spiro atoms. The first kappa shape index (κ1) is 16.2. The molecule has 5 heteroatoms. The first-order chi connectivity index (χ1) is 9.49. The summed E-state index contributed by atoms with van der Waals surface area (Å²) in [6.07, 6.45) is 0.913. The Morgan fingerprint density at radius 1 is 1.30 bits per heavy atom. The lowest BCUT2D eigenvalue weighted by Crippen LogP contribution is -2.31. The van der Waals surface area contributed by atoms with Crippen molar-refractivity contribution in [3.05, 3.63) is 35.9 Å². The summed E-state index contributed by atoms with van der Waals surface area (Å²) in [7, 11) is 0. The second kappa shape index (κ2) is 8.32. The fraction of sp³-hybridized carbons (Fsp3) is 0.467. The van der Waals surface area contributed by atoms with Gasteiger partial charge in [0.1, 0.15) is 0 Å². The molecule has 2 atom stereocenters. The van der Waals surface area contributed by atoms with Crippen LogP contribution in [-0.4, -0.2) is 23.5 Å². The lowest BCUT2D eigenvalue weighted by Gasteiger charge is -2.14. The zero-order chi connectivity index (χ0) is 15.0. The second-order valence-electron chi connectivity index (χ2n) is 5.06. The molecule has 0 heterocycles. The maximum atomic E-state index is 11.8. The van der Waals surface area contributed by atoms with E-state index in [0.717, 1.165) is 5.56 Å². The molecule has 0 saturated carbocycles. The average molecular weight is 278 g/mol. The molecule has 1 amide bonds. The van der Waals surface area contributed by atoms with Gasteiger partial charge in [-0.15, -0.1) is 0 Å². The Labute approximate surface area is 119 Å². The molecule has 0 fully saturated rings. The molecule has 110 valence electrons. The van der Waals surface area contributed by atoms with E-state index in [4.69, 9.17) is 10.8 Å². The third kappa shape index (κ3) is 6.33. The number of rotatable bonds is 8. The molecule has 2 unspecified atom stereocenters. The fourth-order valence-electron chi connectivity index (χ4n) is 1.85. The van der Waals surface area contributed by atoms with Crippen LogP contribution in [0.2, 0.25) is 0 Å². The summed E-state index contributed by atoms with van der Waals surface area (Å²) in [6.45, 7) is 2.40. The van der Waals surface area contributed by atoms with Crippen LogP contribution in [0.15, 0.2) is 30.3 Å². The number of carboxylic acids is 1. The Kier molecular flexibility index (Phi) is 6.73. The predicted octanol–water partition coefficient (Wildman–Crippen LogP) is 1.69. The summed E-state index contributed by atoms with van der Waals surface area (Å²) in [5.41, 5.74) is 6.89. The highest BCUT2D eigenvalue weighted by molar-refractivity contribution is 5.76. The van der Waals surface area contributed by atoms with Crippen molar-refractivity contribution < 1.29 is 14.7 Å². The van der Waals surface area contributed by atoms with E-state index in [1.54, 1.807) is 0 Å². The molecule has 0 aliphatic heterocycles. The van der Waals surface area contributed by atoms with Crippen LogP contribution < -0.4 is 11.1 Å². The van der Waals surface area contributed by atoms with Crippen molar-refractivity contribution in [3.63, 3.8) is 0 Å². The number of nitrogens with one attached hydrogen (secondary N) is 1. The van der Waals surface area contributed by atoms with Gasteiger partial charge in [0.2, 0.25) is 5.91 Å². The summed E-state index contributed by atoms with van der Waals surface area (Å²) in [6, 6.07) is 9.16. The first-order valence-corrected chi connectivity index (χ1v) is 6.78. The molecular formula is C15H22N2O3. The van der Waals surface area contributed by atoms with Crippen LogP contribution in [0.25, 0.3) is 0 Å². The molecule has 0 aromatic heterocycles. The van der Waals surface area contributed by atoms with Crippen LogP contribution in [0.3, 0.4) is 0 Å². The van der Waals surface area contributed by atoms with Crippen LogP contribution in [0.1, 0.15) is 37.8 Å². The molecule has 0 aliphatic carbocycles. The van der Waals surface area contributed by atoms with E-state index in [2.05, 4.69) is 5.32 Å². The summed E-state index contributed by atoms with van der Waals surface area (Å²) in [5.74, 6) is -0.777. The molecule has 5 nitrogen and oxygen atoms in total. The van der Waals surface area contributed by atoms with Crippen LogP contribution in [0.5, 0.6) is 0 Å². The molecule has 0 radical (unpaired) electrons. The normalized spacial score (nSPS) is 13.5. The molecule has 1 aromatic rings. The Hall–Kier alpha value is -1.88. The number of nitrogens with two attached hydrogens (primary N) is 1. The van der Waals surface area contributed by atoms with Crippen molar-refractivity contribution in [2.24, 2.45) is 11.7 Å². The summed E-state index contributed by atoms with van der Waals surface area (Å²) in [4.78, 5) is 22.2. The standard InChI is InChI=1S/C15H22N2O3/c1-11(7-8-15(19)20)10-17-14(18)9-13(16)12-5-3-2-4-6-12/h2-6,11,13H,7-10,16H2,1H3,(H,17,18)(H,19,20). The molecule has 4 N–H and O–H groups in total. The molecule has 1 aromatic carbocycles. The van der Waals surface area contributed by atoms with Crippen molar-refractivity contribution >= 4 is 11.9 Å². The highest BCUT2D eigenvalue weighted by Gasteiger charge is 2.12. The number of carbonyl (C=O) groups is 2. The summed E-state index contributed by atoms with van der Waals surface area (Å²) < 4.78 is 0. The van der Waals surface area contributed by atoms with E-state index >= 15 is 0 Å². The zero-order valence-corrected chi connectivity index (χ0v) is 11.7. The average Bonchev–Trinajstić information content (AvgIpc) is 2.43. The third-order valence-corrected chi connectivity index (χ3v) is 3.13. The van der Waals surface area contributed by atoms with Crippen molar-refractivity contribution in [1.29, 1.82) is 0 Å². The van der Waals surface area contributed by atoms with Crippen molar-refractivity contribution in [3.8, 4) is 0 Å². The zero-order valence-electron chi connectivity index (χ0n) is 11.7. The van der Waals surface area contributed by atoms with Gasteiger partial charge in [-0.25, -0.2) is 0 Å². The minimum Gasteiger partial charge on any atom is -0.481 e. The largest absolute Gasteiger partial charge is 0.481 e. The highest BCUT2D eigenvalue weighted by atomic mass is 16.4. The quantitative estimate of drug-likeness (QED) is 0.674. The van der Waals surface area contributed by atoms with E-state index in [9.17, 15) is 9.59 Å². The van der Waals surface area contributed by atoms with E-state index in [-0.39, 0.29) is 30.7 Å². The predicted molar refractivity (Wildman–Crippen MR) is 77.0 cm³/mol. The molecule has 1 rings (SSSR count). The van der Waals surface area contributed by atoms with E-state index < -0.39 is 5.97 Å². The molecule has 0 bridgehead atoms. The van der Waals surface area contributed by atoms with E-state index in [1.807, 2.05) is 37.3 Å². The van der Waals surface area contributed by atoms with Crippen LogP contribution in [0.4, 0.5) is 0 Å². The van der Waals surface area contributed by atoms with Crippen molar-refractivity contribution in [2.75, 3.05) is 6.54 Å². The Morgan fingerprint density at radius 2 is 1.95 bits per heavy atom. The molecule has 20 heavy (non-hydrogen) atoms. The van der Waals surface area contributed by atoms with Gasteiger partial charge in [0.25, 0.3) is 0 Å². The fourth-order valence-corrected chi connectivity index (χ4v) is 1.85. The smallest absolute Gasteiger partial charge is 0.303 e. The Balaban J connectivity index is 2.28. The molecule has 0 saturated heterocycles. The van der Waals surface area contributed by atoms with Crippen molar-refractivity contribution in [2.45, 2.75) is 32.2 Å². The Morgan fingerprint density at radius 3 is 2.55 bits per heavy atom. The van der Waals surface area contributed by atoms with Gasteiger partial charge in [0, 0.05) is 25.4 Å². The lowest BCUT2D eigenvalue weighted by atomic mass is 10.0. The van der Waals surface area contributed by atoms with Gasteiger partial charge in [-0.2, -0.15) is 0 Å². The van der Waals surface area contributed by atoms with Gasteiger partial charge < -0.3 is 16.2 Å². The van der Waals surface area contributed by atoms with Gasteiger partial charge in [-0.3, -0.25) is 9.59 Å². The number of amides is 1. The van der Waals surface area contributed by atoms with Gasteiger partial charge in [-0.05, 0) is 17.9 Å². The maximum Gasteiger partial charge on any atom is 0.303 e. The number of hydrogen-bond acceptors (Lipinski definition) is 3. The second-order valence-corrected chi connectivity index (χ2v) is 5.06. The third-order valence-electron chi connectivity index (χ3n) is 3.13. The summed E-state index contributed by atoms with van der Waals surface area (Å²) >= 11 is 0. The number of aliphatic carboxylic acids is 1. The lowest BCUT2D eigenvalue weighted by molar-refractivity contribution is -0.137. The monoisotopic (exact) mass is 278 g/mol. The number of carboxylic acid groups (broad SMARTS) is 1. The van der Waals surface area contributed by atoms with Crippen LogP contribution in [-0.2, 0) is 9.59 Å². The van der Waals surface area contributed by atoms with Gasteiger partial charge in [0.15, 0.2) is 0 Å². The van der Waals surface area contributed by atoms with E-state index in [1.165, 1.54) is 0 Å². The van der Waals surface area contributed by atoms with Crippen molar-refractivity contribution in [1.82, 2.24) is 5.32 Å². The van der Waals surface area contributed by atoms with Gasteiger partial charge in [-0.1, -0.05) is 37.3 Å². The first-order valence-electron chi connectivity index (χ1n) is 6.78.